The van der Waals surface area contributed by atoms with Gasteiger partial charge in [-0.3, -0.25) is 0 Å². The van der Waals surface area contributed by atoms with Crippen molar-refractivity contribution >= 4 is 16.7 Å². The molecular weight excluding hydrogens is 232 g/mol. The molecule has 1 saturated carbocycles. The van der Waals surface area contributed by atoms with Crippen molar-refractivity contribution in [1.29, 1.82) is 0 Å². The molecule has 5 heteroatoms. The fraction of sp³-hybridized carbons (Fsp3) is 0.833. The number of anilines is 1. The number of nitrogens with zero attached hydrogens (tertiary/aromatic N) is 3. The fourth-order valence-electron chi connectivity index (χ4n) is 2.59. The maximum Gasteiger partial charge on any atom is 0.205 e. The number of aromatic nitrogens is 2. The van der Waals surface area contributed by atoms with Crippen LogP contribution >= 0.6 is 11.5 Å². The summed E-state index contributed by atoms with van der Waals surface area (Å²) < 4.78 is 4.50. The van der Waals surface area contributed by atoms with Gasteiger partial charge < -0.3 is 10.6 Å². The summed E-state index contributed by atoms with van der Waals surface area (Å²) in [5.74, 6) is 1.76. The van der Waals surface area contributed by atoms with E-state index in [9.17, 15) is 0 Å². The molecule has 1 aliphatic heterocycles. The van der Waals surface area contributed by atoms with Crippen molar-refractivity contribution < 1.29 is 0 Å². The number of hydrogen-bond acceptors (Lipinski definition) is 5. The van der Waals surface area contributed by atoms with Gasteiger partial charge in [0.05, 0.1) is 0 Å². The first kappa shape index (κ1) is 11.4. The predicted octanol–water partition coefficient (Wildman–Crippen LogP) is 2.12. The van der Waals surface area contributed by atoms with Crippen LogP contribution < -0.4 is 10.6 Å². The molecule has 2 aliphatic rings. The van der Waals surface area contributed by atoms with Crippen LogP contribution in [0.5, 0.6) is 0 Å². The van der Waals surface area contributed by atoms with Gasteiger partial charge in [0.2, 0.25) is 5.13 Å². The van der Waals surface area contributed by atoms with Crippen molar-refractivity contribution in [2.24, 2.45) is 5.73 Å². The van der Waals surface area contributed by atoms with E-state index in [1.54, 1.807) is 11.5 Å². The molecule has 1 aromatic heterocycles. The highest BCUT2D eigenvalue weighted by atomic mass is 32.1. The number of rotatable bonds is 5. The quantitative estimate of drug-likeness (QED) is 0.872. The lowest BCUT2D eigenvalue weighted by Crippen LogP contribution is -2.29. The lowest BCUT2D eigenvalue weighted by atomic mass is 10.1. The van der Waals surface area contributed by atoms with E-state index in [-0.39, 0.29) is 0 Å². The smallest absolute Gasteiger partial charge is 0.205 e. The zero-order valence-electron chi connectivity index (χ0n) is 10.1. The fourth-order valence-corrected chi connectivity index (χ4v) is 3.44. The van der Waals surface area contributed by atoms with Crippen LogP contribution in [0.2, 0.25) is 0 Å². The van der Waals surface area contributed by atoms with E-state index in [1.807, 2.05) is 0 Å². The number of nitrogens with two attached hydrogens (primary N) is 1. The van der Waals surface area contributed by atoms with Crippen molar-refractivity contribution in [1.82, 2.24) is 9.36 Å². The van der Waals surface area contributed by atoms with Gasteiger partial charge in [-0.15, -0.1) is 0 Å². The molecule has 0 aromatic carbocycles. The van der Waals surface area contributed by atoms with E-state index < -0.39 is 0 Å². The Bertz CT molecular complexity index is 374. The minimum atomic E-state index is 0.651. The average Bonchev–Trinajstić information content (AvgIpc) is 2.92. The van der Waals surface area contributed by atoms with Crippen molar-refractivity contribution in [3.63, 3.8) is 0 Å². The SMILES string of the molecule is NCCCC1CCCN1c1nc(C2CC2)ns1. The van der Waals surface area contributed by atoms with E-state index in [1.165, 1.54) is 32.1 Å². The second-order valence-corrected chi connectivity index (χ2v) is 5.86. The summed E-state index contributed by atoms with van der Waals surface area (Å²) in [7, 11) is 0. The maximum atomic E-state index is 5.60. The average molecular weight is 252 g/mol. The molecule has 1 atom stereocenters. The normalized spacial score (nSPS) is 24.5. The molecule has 0 spiro atoms. The van der Waals surface area contributed by atoms with Crippen molar-refractivity contribution in [3.05, 3.63) is 5.82 Å². The van der Waals surface area contributed by atoms with Gasteiger partial charge in [-0.05, 0) is 45.1 Å². The topological polar surface area (TPSA) is 55.0 Å². The first-order valence-corrected chi connectivity index (χ1v) is 7.46. The van der Waals surface area contributed by atoms with E-state index >= 15 is 0 Å². The van der Waals surface area contributed by atoms with E-state index in [0.29, 0.717) is 12.0 Å². The van der Waals surface area contributed by atoms with Crippen LogP contribution in [0.15, 0.2) is 0 Å². The lowest BCUT2D eigenvalue weighted by Gasteiger charge is -2.23. The van der Waals surface area contributed by atoms with Gasteiger partial charge in [-0.2, -0.15) is 4.37 Å². The molecule has 1 unspecified atom stereocenters. The van der Waals surface area contributed by atoms with E-state index in [4.69, 9.17) is 10.7 Å². The Morgan fingerprint density at radius 3 is 3.00 bits per heavy atom. The number of hydrogen-bond donors (Lipinski definition) is 1. The third-order valence-electron chi connectivity index (χ3n) is 3.74. The van der Waals surface area contributed by atoms with Gasteiger partial charge in [-0.1, -0.05) is 0 Å². The molecule has 17 heavy (non-hydrogen) atoms. The van der Waals surface area contributed by atoms with Crippen molar-refractivity contribution in [3.8, 4) is 0 Å². The van der Waals surface area contributed by atoms with Crippen LogP contribution in [-0.4, -0.2) is 28.5 Å². The minimum absolute atomic E-state index is 0.651. The molecule has 4 nitrogen and oxygen atoms in total. The Kier molecular flexibility index (Phi) is 3.29. The molecule has 0 bridgehead atoms. The Labute approximate surface area is 106 Å². The zero-order chi connectivity index (χ0) is 11.7. The molecule has 94 valence electrons. The molecule has 1 aliphatic carbocycles. The Hall–Kier alpha value is -0.680. The molecule has 0 radical (unpaired) electrons. The second kappa shape index (κ2) is 4.90. The van der Waals surface area contributed by atoms with Crippen LogP contribution in [0.25, 0.3) is 0 Å². The molecule has 0 amide bonds. The van der Waals surface area contributed by atoms with Gasteiger partial charge >= 0.3 is 0 Å². The van der Waals surface area contributed by atoms with Gasteiger partial charge in [0.1, 0.15) is 5.82 Å². The summed E-state index contributed by atoms with van der Waals surface area (Å²) in [5.41, 5.74) is 5.60. The molecule has 2 N–H and O–H groups in total. The van der Waals surface area contributed by atoms with Crippen LogP contribution in [0, 0.1) is 0 Å². The first-order chi connectivity index (χ1) is 8.38. The summed E-state index contributed by atoms with van der Waals surface area (Å²) in [6, 6.07) is 0.651. The summed E-state index contributed by atoms with van der Waals surface area (Å²) >= 11 is 1.59. The standard InChI is InChI=1S/C12H20N4S/c13-7-1-3-10-4-2-8-16(10)12-14-11(15-17-12)9-5-6-9/h9-10H,1-8,13H2. The first-order valence-electron chi connectivity index (χ1n) is 6.69. The summed E-state index contributed by atoms with van der Waals surface area (Å²) in [5, 5.41) is 1.14. The van der Waals surface area contributed by atoms with Gasteiger partial charge in [0.25, 0.3) is 0 Å². The third-order valence-corrected chi connectivity index (χ3v) is 4.51. The van der Waals surface area contributed by atoms with Crippen LogP contribution in [0.4, 0.5) is 5.13 Å². The van der Waals surface area contributed by atoms with Crippen molar-refractivity contribution in [2.75, 3.05) is 18.0 Å². The van der Waals surface area contributed by atoms with Crippen LogP contribution in [0.1, 0.15) is 50.3 Å². The summed E-state index contributed by atoms with van der Waals surface area (Å²) in [6.45, 7) is 1.95. The molecule has 1 aromatic rings. The summed E-state index contributed by atoms with van der Waals surface area (Å²) in [6.07, 6.45) is 7.47. The van der Waals surface area contributed by atoms with Gasteiger partial charge in [0.15, 0.2) is 0 Å². The Morgan fingerprint density at radius 1 is 1.35 bits per heavy atom. The zero-order valence-corrected chi connectivity index (χ0v) is 11.0. The predicted molar refractivity (Wildman–Crippen MR) is 70.5 cm³/mol. The monoisotopic (exact) mass is 252 g/mol. The summed E-state index contributed by atoms with van der Waals surface area (Å²) in [4.78, 5) is 7.17. The Morgan fingerprint density at radius 2 is 2.24 bits per heavy atom. The molecule has 1 saturated heterocycles. The van der Waals surface area contributed by atoms with Crippen LogP contribution in [0.3, 0.4) is 0 Å². The van der Waals surface area contributed by atoms with Gasteiger partial charge in [-0.25, -0.2) is 4.98 Å². The molecule has 2 fully saturated rings. The largest absolute Gasteiger partial charge is 0.344 e. The second-order valence-electron chi connectivity index (χ2n) is 5.13. The minimum Gasteiger partial charge on any atom is -0.344 e. The van der Waals surface area contributed by atoms with E-state index in [2.05, 4.69) is 9.27 Å². The maximum absolute atomic E-state index is 5.60. The molecule has 3 rings (SSSR count). The highest BCUT2D eigenvalue weighted by Crippen LogP contribution is 2.40. The lowest BCUT2D eigenvalue weighted by molar-refractivity contribution is 0.584. The highest BCUT2D eigenvalue weighted by Gasteiger charge is 2.31. The molecular formula is C12H20N4S. The van der Waals surface area contributed by atoms with Gasteiger partial charge in [0, 0.05) is 30.0 Å². The highest BCUT2D eigenvalue weighted by molar-refractivity contribution is 7.09. The Balaban J connectivity index is 1.67. The van der Waals surface area contributed by atoms with Crippen molar-refractivity contribution in [2.45, 2.75) is 50.5 Å². The molecule has 2 heterocycles. The third kappa shape index (κ3) is 2.45. The van der Waals surface area contributed by atoms with E-state index in [0.717, 1.165) is 30.5 Å². The van der Waals surface area contributed by atoms with Crippen LogP contribution in [-0.2, 0) is 0 Å².